The van der Waals surface area contributed by atoms with E-state index in [1.54, 1.807) is 0 Å². The molecule has 4 heteroatoms. The summed E-state index contributed by atoms with van der Waals surface area (Å²) in [5.74, 6) is 0.929. The summed E-state index contributed by atoms with van der Waals surface area (Å²) in [5, 5.41) is 2.27. The second-order valence-corrected chi connectivity index (χ2v) is 7.43. The predicted octanol–water partition coefficient (Wildman–Crippen LogP) is 4.67. The minimum Gasteiger partial charge on any atom is -0.488 e. The molecule has 1 saturated heterocycles. The lowest BCUT2D eigenvalue weighted by atomic mass is 10.1. The molecule has 1 fully saturated rings. The van der Waals surface area contributed by atoms with Gasteiger partial charge in [-0.15, -0.1) is 0 Å². The minimum absolute atomic E-state index is 0.0588. The number of benzene rings is 3. The number of fused-ring (bicyclic) bond motifs is 1. The van der Waals surface area contributed by atoms with Gasteiger partial charge in [-0.25, -0.2) is 0 Å². The third kappa shape index (κ3) is 4.02. The molecule has 1 heterocycles. The highest BCUT2D eigenvalue weighted by molar-refractivity contribution is 5.94. The van der Waals surface area contributed by atoms with Gasteiger partial charge in [0.25, 0.3) is 5.91 Å². The molecule has 0 aromatic heterocycles. The van der Waals surface area contributed by atoms with Gasteiger partial charge in [-0.2, -0.15) is 0 Å². The lowest BCUT2D eigenvalue weighted by Crippen LogP contribution is -2.48. The van der Waals surface area contributed by atoms with Gasteiger partial charge in [-0.05, 0) is 43.0 Å². The second-order valence-electron chi connectivity index (χ2n) is 7.43. The van der Waals surface area contributed by atoms with E-state index in [4.69, 9.17) is 9.47 Å². The third-order valence-corrected chi connectivity index (χ3v) is 5.05. The molecule has 0 N–H and O–H groups in total. The van der Waals surface area contributed by atoms with Crippen LogP contribution in [-0.4, -0.2) is 36.1 Å². The highest BCUT2D eigenvalue weighted by atomic mass is 16.5. The molecule has 0 radical (unpaired) electrons. The number of amides is 1. The maximum Gasteiger partial charge on any atom is 0.254 e. The number of rotatable bonds is 4. The lowest BCUT2D eigenvalue weighted by Gasteiger charge is -2.35. The number of carbonyl (C=O) groups excluding carboxylic acids is 1. The average Bonchev–Trinajstić information content (AvgIpc) is 2.71. The molecule has 1 aliphatic rings. The van der Waals surface area contributed by atoms with E-state index < -0.39 is 0 Å². The van der Waals surface area contributed by atoms with Gasteiger partial charge in [0.2, 0.25) is 0 Å². The molecule has 0 spiro atoms. The topological polar surface area (TPSA) is 38.8 Å². The van der Waals surface area contributed by atoms with E-state index in [0.29, 0.717) is 25.3 Å². The maximum atomic E-state index is 12.8. The van der Waals surface area contributed by atoms with E-state index in [-0.39, 0.29) is 18.1 Å². The predicted molar refractivity (Wildman–Crippen MR) is 111 cm³/mol. The first-order chi connectivity index (χ1) is 13.6. The zero-order valence-corrected chi connectivity index (χ0v) is 16.3. The van der Waals surface area contributed by atoms with Gasteiger partial charge in [0.05, 0.1) is 12.2 Å². The van der Waals surface area contributed by atoms with Crippen LogP contribution < -0.4 is 4.74 Å². The van der Waals surface area contributed by atoms with Gasteiger partial charge < -0.3 is 14.4 Å². The zero-order valence-electron chi connectivity index (χ0n) is 16.3. The van der Waals surface area contributed by atoms with Crippen molar-refractivity contribution in [3.8, 4) is 5.75 Å². The van der Waals surface area contributed by atoms with Crippen LogP contribution >= 0.6 is 0 Å². The van der Waals surface area contributed by atoms with Crippen molar-refractivity contribution in [1.82, 2.24) is 4.90 Å². The van der Waals surface area contributed by atoms with Crippen LogP contribution in [0.15, 0.2) is 66.7 Å². The van der Waals surface area contributed by atoms with Gasteiger partial charge in [0, 0.05) is 24.0 Å². The van der Waals surface area contributed by atoms with Crippen molar-refractivity contribution < 1.29 is 14.3 Å². The maximum absolute atomic E-state index is 12.8. The van der Waals surface area contributed by atoms with Crippen LogP contribution in [0.1, 0.15) is 29.8 Å². The molecule has 28 heavy (non-hydrogen) atoms. The Morgan fingerprint density at radius 2 is 1.64 bits per heavy atom. The van der Waals surface area contributed by atoms with E-state index in [2.05, 4.69) is 18.2 Å². The fraction of sp³-hybridized carbons (Fsp3) is 0.292. The minimum atomic E-state index is 0.0588. The molecule has 0 saturated carbocycles. The Balaban J connectivity index is 1.42. The van der Waals surface area contributed by atoms with Crippen LogP contribution in [0.4, 0.5) is 0 Å². The van der Waals surface area contributed by atoms with Crippen molar-refractivity contribution in [3.05, 3.63) is 77.9 Å². The van der Waals surface area contributed by atoms with Crippen molar-refractivity contribution in [3.63, 3.8) is 0 Å². The first-order valence-corrected chi connectivity index (χ1v) is 9.74. The fourth-order valence-electron chi connectivity index (χ4n) is 3.75. The van der Waals surface area contributed by atoms with Gasteiger partial charge in [0.15, 0.2) is 0 Å². The van der Waals surface area contributed by atoms with Crippen molar-refractivity contribution in [2.24, 2.45) is 0 Å². The summed E-state index contributed by atoms with van der Waals surface area (Å²) in [4.78, 5) is 14.6. The number of hydrogen-bond acceptors (Lipinski definition) is 3. The fourth-order valence-corrected chi connectivity index (χ4v) is 3.75. The molecule has 3 aromatic rings. The highest BCUT2D eigenvalue weighted by Gasteiger charge is 2.26. The van der Waals surface area contributed by atoms with Crippen LogP contribution in [0, 0.1) is 0 Å². The Labute approximate surface area is 165 Å². The molecule has 4 nitrogen and oxygen atoms in total. The number of hydrogen-bond donors (Lipinski definition) is 0. The van der Waals surface area contributed by atoms with Gasteiger partial charge in [-0.3, -0.25) is 4.79 Å². The number of morpholine rings is 1. The van der Waals surface area contributed by atoms with Gasteiger partial charge in [0.1, 0.15) is 12.4 Å². The molecule has 0 aliphatic carbocycles. The molecular weight excluding hydrogens is 350 g/mol. The zero-order chi connectivity index (χ0) is 19.5. The summed E-state index contributed by atoms with van der Waals surface area (Å²) in [6, 6.07) is 22.0. The Bertz CT molecular complexity index is 952. The molecule has 4 rings (SSSR count). The summed E-state index contributed by atoms with van der Waals surface area (Å²) in [6.45, 7) is 5.74. The molecule has 0 unspecified atom stereocenters. The van der Waals surface area contributed by atoms with Crippen molar-refractivity contribution in [1.29, 1.82) is 0 Å². The number of ether oxygens (including phenoxy) is 2. The monoisotopic (exact) mass is 375 g/mol. The van der Waals surface area contributed by atoms with E-state index in [1.807, 2.05) is 67.3 Å². The molecule has 1 amide bonds. The van der Waals surface area contributed by atoms with Crippen LogP contribution in [0.2, 0.25) is 0 Å². The van der Waals surface area contributed by atoms with Crippen LogP contribution in [0.3, 0.4) is 0 Å². The second kappa shape index (κ2) is 8.03. The first-order valence-electron chi connectivity index (χ1n) is 9.74. The Morgan fingerprint density at radius 1 is 0.964 bits per heavy atom. The SMILES string of the molecule is C[C@@H]1CN(C(=O)c2ccc(COc3cccc4ccccc34)cc2)C[C@H](C)O1. The molecule has 144 valence electrons. The van der Waals surface area contributed by atoms with E-state index >= 15 is 0 Å². The van der Waals surface area contributed by atoms with Crippen LogP contribution in [-0.2, 0) is 11.3 Å². The van der Waals surface area contributed by atoms with Crippen molar-refractivity contribution in [2.75, 3.05) is 13.1 Å². The van der Waals surface area contributed by atoms with Crippen molar-refractivity contribution in [2.45, 2.75) is 32.7 Å². The van der Waals surface area contributed by atoms with Gasteiger partial charge in [-0.1, -0.05) is 48.5 Å². The lowest BCUT2D eigenvalue weighted by molar-refractivity contribution is -0.0586. The van der Waals surface area contributed by atoms with Crippen molar-refractivity contribution >= 4 is 16.7 Å². The Hall–Kier alpha value is -2.85. The summed E-state index contributed by atoms with van der Waals surface area (Å²) < 4.78 is 11.8. The van der Waals surface area contributed by atoms with Crippen LogP contribution in [0.25, 0.3) is 10.8 Å². The first kappa shape index (κ1) is 18.5. The average molecular weight is 375 g/mol. The Kier molecular flexibility index (Phi) is 5.31. The Morgan fingerprint density at radius 3 is 2.39 bits per heavy atom. The summed E-state index contributed by atoms with van der Waals surface area (Å²) in [6.07, 6.45) is 0.141. The van der Waals surface area contributed by atoms with E-state index in [0.717, 1.165) is 22.1 Å². The summed E-state index contributed by atoms with van der Waals surface area (Å²) in [5.41, 5.74) is 1.74. The largest absolute Gasteiger partial charge is 0.488 e. The smallest absolute Gasteiger partial charge is 0.254 e. The summed E-state index contributed by atoms with van der Waals surface area (Å²) in [7, 11) is 0. The number of carbonyl (C=O) groups is 1. The summed E-state index contributed by atoms with van der Waals surface area (Å²) >= 11 is 0. The third-order valence-electron chi connectivity index (χ3n) is 5.05. The standard InChI is InChI=1S/C24H25NO3/c1-17-14-25(15-18(2)28-17)24(26)21-12-10-19(11-13-21)16-27-23-9-5-7-20-6-3-4-8-22(20)23/h3-13,17-18H,14-16H2,1-2H3/t17-,18+. The van der Waals surface area contributed by atoms with Gasteiger partial charge >= 0.3 is 0 Å². The highest BCUT2D eigenvalue weighted by Crippen LogP contribution is 2.26. The van der Waals surface area contributed by atoms with Crippen LogP contribution in [0.5, 0.6) is 5.75 Å². The molecule has 1 aliphatic heterocycles. The quantitative estimate of drug-likeness (QED) is 0.665. The molecule has 2 atom stereocenters. The number of nitrogens with zero attached hydrogens (tertiary/aromatic N) is 1. The molecule has 3 aromatic carbocycles. The van der Waals surface area contributed by atoms with E-state index in [1.165, 1.54) is 0 Å². The normalized spacial score (nSPS) is 19.6. The van der Waals surface area contributed by atoms with E-state index in [9.17, 15) is 4.79 Å². The molecule has 0 bridgehead atoms. The molecular formula is C24H25NO3.